The minimum atomic E-state index is -0.212. The topological polar surface area (TPSA) is 12.5 Å². The van der Waals surface area contributed by atoms with Crippen molar-refractivity contribution in [3.05, 3.63) is 35.9 Å². The molecule has 0 radical (unpaired) electrons. The molecule has 1 aromatic rings. The Hall–Kier alpha value is -0.860. The summed E-state index contributed by atoms with van der Waals surface area (Å²) in [6.45, 7) is 7.22. The van der Waals surface area contributed by atoms with Crippen molar-refractivity contribution >= 4 is 0 Å². The van der Waals surface area contributed by atoms with E-state index < -0.39 is 0 Å². The lowest BCUT2D eigenvalue weighted by molar-refractivity contribution is -0.0705. The van der Waals surface area contributed by atoms with E-state index in [-0.39, 0.29) is 5.72 Å². The number of benzene rings is 1. The van der Waals surface area contributed by atoms with Gasteiger partial charge in [0.15, 0.2) is 0 Å². The molecule has 2 nitrogen and oxygen atoms in total. The van der Waals surface area contributed by atoms with E-state index in [0.717, 1.165) is 19.7 Å². The zero-order valence-electron chi connectivity index (χ0n) is 8.86. The first kappa shape index (κ1) is 9.69. The van der Waals surface area contributed by atoms with Crippen LogP contribution >= 0.6 is 0 Å². The molecule has 14 heavy (non-hydrogen) atoms. The van der Waals surface area contributed by atoms with Crippen molar-refractivity contribution < 1.29 is 4.74 Å². The number of hydrogen-bond acceptors (Lipinski definition) is 2. The summed E-state index contributed by atoms with van der Waals surface area (Å²) in [6, 6.07) is 10.4. The van der Waals surface area contributed by atoms with Gasteiger partial charge >= 0.3 is 0 Å². The van der Waals surface area contributed by atoms with E-state index in [4.69, 9.17) is 4.74 Å². The molecule has 1 aliphatic rings. The number of hydrogen-bond donors (Lipinski definition) is 0. The summed E-state index contributed by atoms with van der Waals surface area (Å²) in [7, 11) is 0. The molecule has 0 N–H and O–H groups in total. The van der Waals surface area contributed by atoms with Gasteiger partial charge < -0.3 is 4.74 Å². The van der Waals surface area contributed by atoms with Gasteiger partial charge in [-0.05, 0) is 19.0 Å². The van der Waals surface area contributed by atoms with Crippen LogP contribution in [0.3, 0.4) is 0 Å². The first-order valence-electron chi connectivity index (χ1n) is 5.22. The first-order valence-corrected chi connectivity index (χ1v) is 5.22. The lowest BCUT2D eigenvalue weighted by Gasteiger charge is -2.33. The molecule has 76 valence electrons. The molecule has 0 saturated carbocycles. The van der Waals surface area contributed by atoms with Gasteiger partial charge in [-0.2, -0.15) is 0 Å². The molecule has 1 saturated heterocycles. The van der Waals surface area contributed by atoms with Gasteiger partial charge in [-0.25, -0.2) is 0 Å². The third kappa shape index (κ3) is 1.45. The lowest BCUT2D eigenvalue weighted by Crippen LogP contribution is -2.39. The summed E-state index contributed by atoms with van der Waals surface area (Å²) in [5.41, 5.74) is 1.04. The molecular weight excluding hydrogens is 174 g/mol. The van der Waals surface area contributed by atoms with Crippen LogP contribution in [0.4, 0.5) is 0 Å². The van der Waals surface area contributed by atoms with Crippen molar-refractivity contribution in [2.75, 3.05) is 19.7 Å². The fourth-order valence-corrected chi connectivity index (χ4v) is 2.13. The predicted molar refractivity (Wildman–Crippen MR) is 57.0 cm³/mol. The zero-order valence-corrected chi connectivity index (χ0v) is 8.86. The van der Waals surface area contributed by atoms with Crippen LogP contribution in [-0.2, 0) is 10.5 Å². The molecular formula is C12H17NO. The average Bonchev–Trinajstić information content (AvgIpc) is 2.62. The van der Waals surface area contributed by atoms with Gasteiger partial charge in [0.2, 0.25) is 0 Å². The number of nitrogens with zero attached hydrogens (tertiary/aromatic N) is 1. The van der Waals surface area contributed by atoms with E-state index in [1.54, 1.807) is 0 Å². The Labute approximate surface area is 85.5 Å². The van der Waals surface area contributed by atoms with Crippen LogP contribution in [0.25, 0.3) is 0 Å². The van der Waals surface area contributed by atoms with E-state index in [9.17, 15) is 0 Å². The van der Waals surface area contributed by atoms with Gasteiger partial charge in [0.05, 0.1) is 6.61 Å². The van der Waals surface area contributed by atoms with Gasteiger partial charge in [0.1, 0.15) is 5.72 Å². The second kappa shape index (κ2) is 3.71. The summed E-state index contributed by atoms with van der Waals surface area (Å²) in [5.74, 6) is 0. The molecule has 1 aromatic carbocycles. The Balaban J connectivity index is 2.31. The van der Waals surface area contributed by atoms with Crippen molar-refractivity contribution in [3.8, 4) is 0 Å². The van der Waals surface area contributed by atoms with Crippen molar-refractivity contribution in [2.24, 2.45) is 0 Å². The van der Waals surface area contributed by atoms with Gasteiger partial charge in [0.25, 0.3) is 0 Å². The molecule has 0 amide bonds. The highest BCUT2D eigenvalue weighted by Crippen LogP contribution is 2.33. The van der Waals surface area contributed by atoms with Gasteiger partial charge in [0, 0.05) is 6.54 Å². The molecule has 1 fully saturated rings. The first-order chi connectivity index (χ1) is 6.77. The van der Waals surface area contributed by atoms with Crippen LogP contribution in [0.2, 0.25) is 0 Å². The second-order valence-electron chi connectivity index (χ2n) is 3.78. The molecule has 1 atom stereocenters. The molecule has 0 aromatic heterocycles. The maximum absolute atomic E-state index is 5.86. The second-order valence-corrected chi connectivity index (χ2v) is 3.78. The molecule has 2 rings (SSSR count). The quantitative estimate of drug-likeness (QED) is 0.710. The number of likely N-dealkylation sites (N-methyl/N-ethyl adjacent to an activating group) is 1. The average molecular weight is 191 g/mol. The third-order valence-corrected chi connectivity index (χ3v) is 3.04. The van der Waals surface area contributed by atoms with E-state index in [2.05, 4.69) is 43.0 Å². The van der Waals surface area contributed by atoms with Crippen LogP contribution in [0, 0.1) is 0 Å². The van der Waals surface area contributed by atoms with E-state index in [1.165, 1.54) is 5.56 Å². The van der Waals surface area contributed by atoms with Crippen molar-refractivity contribution in [1.82, 2.24) is 4.90 Å². The molecule has 1 unspecified atom stereocenters. The molecule has 0 bridgehead atoms. The minimum absolute atomic E-state index is 0.212. The monoisotopic (exact) mass is 191 g/mol. The highest BCUT2D eigenvalue weighted by Gasteiger charge is 2.38. The lowest BCUT2D eigenvalue weighted by atomic mass is 10.0. The maximum Gasteiger partial charge on any atom is 0.145 e. The summed E-state index contributed by atoms with van der Waals surface area (Å²) >= 11 is 0. The summed E-state index contributed by atoms with van der Waals surface area (Å²) in [4.78, 5) is 2.36. The Morgan fingerprint density at radius 1 is 1.36 bits per heavy atom. The molecule has 1 aliphatic heterocycles. The van der Waals surface area contributed by atoms with Gasteiger partial charge in [-0.3, -0.25) is 4.90 Å². The Morgan fingerprint density at radius 2 is 2.07 bits per heavy atom. The van der Waals surface area contributed by atoms with Gasteiger partial charge in [-0.15, -0.1) is 0 Å². The Bertz CT molecular complexity index is 298. The highest BCUT2D eigenvalue weighted by molar-refractivity contribution is 5.22. The Morgan fingerprint density at radius 3 is 2.71 bits per heavy atom. The molecule has 1 heterocycles. The fraction of sp³-hybridized carbons (Fsp3) is 0.500. The van der Waals surface area contributed by atoms with Crippen LogP contribution in [-0.4, -0.2) is 24.6 Å². The SMILES string of the molecule is CCN1CCOC1(C)c1ccccc1. The van der Waals surface area contributed by atoms with Crippen molar-refractivity contribution in [3.63, 3.8) is 0 Å². The maximum atomic E-state index is 5.86. The molecule has 0 spiro atoms. The molecule has 2 heteroatoms. The van der Waals surface area contributed by atoms with Crippen LogP contribution in [0.15, 0.2) is 30.3 Å². The zero-order chi connectivity index (χ0) is 10.0. The predicted octanol–water partition coefficient (Wildman–Crippen LogP) is 2.21. The van der Waals surface area contributed by atoms with Crippen LogP contribution < -0.4 is 0 Å². The fourth-order valence-electron chi connectivity index (χ4n) is 2.13. The number of ether oxygens (including phenoxy) is 1. The minimum Gasteiger partial charge on any atom is -0.355 e. The Kier molecular flexibility index (Phi) is 2.57. The largest absolute Gasteiger partial charge is 0.355 e. The van der Waals surface area contributed by atoms with Crippen LogP contribution in [0.1, 0.15) is 19.4 Å². The standard InChI is InChI=1S/C12H17NO/c1-3-13-9-10-14-12(13,2)11-7-5-4-6-8-11/h4-8H,3,9-10H2,1-2H3. The normalized spacial score (nSPS) is 28.1. The smallest absolute Gasteiger partial charge is 0.145 e. The van der Waals surface area contributed by atoms with E-state index in [0.29, 0.717) is 0 Å². The van der Waals surface area contributed by atoms with Crippen molar-refractivity contribution in [2.45, 2.75) is 19.6 Å². The summed E-state index contributed by atoms with van der Waals surface area (Å²) < 4.78 is 5.86. The van der Waals surface area contributed by atoms with Gasteiger partial charge in [-0.1, -0.05) is 37.3 Å². The van der Waals surface area contributed by atoms with Crippen molar-refractivity contribution in [1.29, 1.82) is 0 Å². The van der Waals surface area contributed by atoms with E-state index in [1.807, 2.05) is 6.07 Å². The summed E-state index contributed by atoms with van der Waals surface area (Å²) in [5, 5.41) is 0. The number of rotatable bonds is 2. The third-order valence-electron chi connectivity index (χ3n) is 3.04. The van der Waals surface area contributed by atoms with E-state index >= 15 is 0 Å². The highest BCUT2D eigenvalue weighted by atomic mass is 16.5. The summed E-state index contributed by atoms with van der Waals surface area (Å²) in [6.07, 6.45) is 0. The van der Waals surface area contributed by atoms with Crippen LogP contribution in [0.5, 0.6) is 0 Å². The molecule has 0 aliphatic carbocycles.